The highest BCUT2D eigenvalue weighted by Gasteiger charge is 2.10. The summed E-state index contributed by atoms with van der Waals surface area (Å²) in [7, 11) is 0. The van der Waals surface area contributed by atoms with E-state index in [1.54, 1.807) is 6.07 Å². The number of carbonyl (C=O) groups is 1. The van der Waals surface area contributed by atoms with E-state index in [0.717, 1.165) is 24.3 Å². The zero-order valence-corrected chi connectivity index (χ0v) is 10.3. The molecule has 17 heavy (non-hydrogen) atoms. The third kappa shape index (κ3) is 3.13. The van der Waals surface area contributed by atoms with Gasteiger partial charge in [-0.2, -0.15) is 0 Å². The predicted octanol–water partition coefficient (Wildman–Crippen LogP) is 2.73. The zero-order chi connectivity index (χ0) is 12.1. The SMILES string of the molecule is CCCCc1nnc(NC(=O)c2ccoc2)s1. The molecule has 0 spiro atoms. The number of anilines is 1. The molecule has 6 heteroatoms. The second-order valence-electron chi connectivity index (χ2n) is 3.57. The first kappa shape index (κ1) is 11.8. The van der Waals surface area contributed by atoms with E-state index in [9.17, 15) is 4.79 Å². The average Bonchev–Trinajstić information content (AvgIpc) is 2.97. The molecule has 0 aliphatic carbocycles. The van der Waals surface area contributed by atoms with Crippen molar-refractivity contribution >= 4 is 22.4 Å². The van der Waals surface area contributed by atoms with Gasteiger partial charge in [-0.1, -0.05) is 24.7 Å². The molecular weight excluding hydrogens is 238 g/mol. The smallest absolute Gasteiger partial charge is 0.260 e. The van der Waals surface area contributed by atoms with Crippen molar-refractivity contribution in [2.75, 3.05) is 5.32 Å². The van der Waals surface area contributed by atoms with E-state index in [0.29, 0.717) is 10.7 Å². The Balaban J connectivity index is 1.95. The molecule has 2 heterocycles. The third-order valence-corrected chi connectivity index (χ3v) is 3.11. The highest BCUT2D eigenvalue weighted by Crippen LogP contribution is 2.18. The molecule has 0 atom stereocenters. The van der Waals surface area contributed by atoms with Crippen LogP contribution in [0.1, 0.15) is 35.1 Å². The first-order valence-corrected chi connectivity index (χ1v) is 6.27. The molecule has 0 unspecified atom stereocenters. The fourth-order valence-electron chi connectivity index (χ4n) is 1.30. The second kappa shape index (κ2) is 5.58. The van der Waals surface area contributed by atoms with E-state index in [4.69, 9.17) is 4.42 Å². The van der Waals surface area contributed by atoms with Crippen molar-refractivity contribution in [3.8, 4) is 0 Å². The molecule has 1 N–H and O–H groups in total. The molecule has 0 aliphatic rings. The molecule has 0 aliphatic heterocycles. The number of aromatic nitrogens is 2. The lowest BCUT2D eigenvalue weighted by Crippen LogP contribution is -2.10. The summed E-state index contributed by atoms with van der Waals surface area (Å²) in [5.74, 6) is -0.225. The average molecular weight is 251 g/mol. The van der Waals surface area contributed by atoms with Crippen LogP contribution in [0, 0.1) is 0 Å². The Morgan fingerprint density at radius 2 is 2.41 bits per heavy atom. The standard InChI is InChI=1S/C11H13N3O2S/c1-2-3-4-9-13-14-11(17-9)12-10(15)8-5-6-16-7-8/h5-7H,2-4H2,1H3,(H,12,14,15). The van der Waals surface area contributed by atoms with E-state index in [-0.39, 0.29) is 5.91 Å². The Morgan fingerprint density at radius 3 is 3.12 bits per heavy atom. The molecule has 0 aromatic carbocycles. The molecule has 0 fully saturated rings. The summed E-state index contributed by atoms with van der Waals surface area (Å²) in [6, 6.07) is 1.61. The number of nitrogens with one attached hydrogen (secondary N) is 1. The molecule has 5 nitrogen and oxygen atoms in total. The summed E-state index contributed by atoms with van der Waals surface area (Å²) in [6.45, 7) is 2.13. The molecule has 0 radical (unpaired) electrons. The van der Waals surface area contributed by atoms with E-state index in [1.807, 2.05) is 0 Å². The van der Waals surface area contributed by atoms with Gasteiger partial charge in [0.1, 0.15) is 11.3 Å². The normalized spacial score (nSPS) is 10.4. The summed E-state index contributed by atoms with van der Waals surface area (Å²) in [4.78, 5) is 11.7. The summed E-state index contributed by atoms with van der Waals surface area (Å²) in [5.41, 5.74) is 0.482. The van der Waals surface area contributed by atoms with Crippen LogP contribution in [0.2, 0.25) is 0 Å². The van der Waals surface area contributed by atoms with Gasteiger partial charge in [-0.3, -0.25) is 10.1 Å². The van der Waals surface area contributed by atoms with Crippen molar-refractivity contribution in [1.82, 2.24) is 10.2 Å². The molecular formula is C11H13N3O2S. The second-order valence-corrected chi connectivity index (χ2v) is 4.63. The van der Waals surface area contributed by atoms with Gasteiger partial charge in [0.2, 0.25) is 5.13 Å². The Kier molecular flexibility index (Phi) is 3.87. The number of aryl methyl sites for hydroxylation is 1. The number of carbonyl (C=O) groups excluding carboxylic acids is 1. The molecule has 90 valence electrons. The van der Waals surface area contributed by atoms with Gasteiger partial charge >= 0.3 is 0 Å². The lowest BCUT2D eigenvalue weighted by atomic mass is 10.3. The largest absolute Gasteiger partial charge is 0.472 e. The van der Waals surface area contributed by atoms with Gasteiger partial charge in [-0.25, -0.2) is 0 Å². The lowest BCUT2D eigenvalue weighted by Gasteiger charge is -1.95. The third-order valence-electron chi connectivity index (χ3n) is 2.21. The van der Waals surface area contributed by atoms with Gasteiger partial charge in [-0.15, -0.1) is 10.2 Å². The van der Waals surface area contributed by atoms with Crippen molar-refractivity contribution in [3.05, 3.63) is 29.2 Å². The first-order valence-electron chi connectivity index (χ1n) is 5.45. The molecule has 1 amide bonds. The number of amides is 1. The van der Waals surface area contributed by atoms with Gasteiger partial charge in [0.25, 0.3) is 5.91 Å². The molecule has 0 saturated heterocycles. The molecule has 2 rings (SSSR count). The van der Waals surface area contributed by atoms with Crippen LogP contribution in [0.25, 0.3) is 0 Å². The summed E-state index contributed by atoms with van der Waals surface area (Å²) >= 11 is 1.41. The van der Waals surface area contributed by atoms with Crippen LogP contribution in [-0.2, 0) is 6.42 Å². The van der Waals surface area contributed by atoms with E-state index < -0.39 is 0 Å². The van der Waals surface area contributed by atoms with Crippen LogP contribution in [0.3, 0.4) is 0 Å². The van der Waals surface area contributed by atoms with E-state index in [2.05, 4.69) is 22.4 Å². The van der Waals surface area contributed by atoms with Gasteiger partial charge in [0, 0.05) is 6.42 Å². The fourth-order valence-corrected chi connectivity index (χ4v) is 2.07. The maximum Gasteiger partial charge on any atom is 0.260 e. The highest BCUT2D eigenvalue weighted by molar-refractivity contribution is 7.15. The predicted molar refractivity (Wildman–Crippen MR) is 65.2 cm³/mol. The van der Waals surface area contributed by atoms with E-state index in [1.165, 1.54) is 23.9 Å². The monoisotopic (exact) mass is 251 g/mol. The van der Waals surface area contributed by atoms with Gasteiger partial charge in [0.05, 0.1) is 11.8 Å². The number of hydrogen-bond donors (Lipinski definition) is 1. The molecule has 0 saturated carbocycles. The minimum Gasteiger partial charge on any atom is -0.472 e. The Bertz CT molecular complexity index is 479. The van der Waals surface area contributed by atoms with Crippen molar-refractivity contribution in [2.24, 2.45) is 0 Å². The molecule has 0 bridgehead atoms. The first-order chi connectivity index (χ1) is 8.29. The van der Waals surface area contributed by atoms with Crippen molar-refractivity contribution < 1.29 is 9.21 Å². The van der Waals surface area contributed by atoms with Gasteiger partial charge < -0.3 is 4.42 Å². The Labute approximate surface area is 103 Å². The number of rotatable bonds is 5. The number of furan rings is 1. The van der Waals surface area contributed by atoms with Crippen molar-refractivity contribution in [3.63, 3.8) is 0 Å². The molecule has 2 aromatic heterocycles. The van der Waals surface area contributed by atoms with Crippen LogP contribution in [0.5, 0.6) is 0 Å². The minimum atomic E-state index is -0.225. The maximum absolute atomic E-state index is 11.7. The van der Waals surface area contributed by atoms with Crippen LogP contribution in [0.4, 0.5) is 5.13 Å². The Morgan fingerprint density at radius 1 is 1.53 bits per heavy atom. The molecule has 2 aromatic rings. The summed E-state index contributed by atoms with van der Waals surface area (Å²) < 4.78 is 4.84. The fraction of sp³-hybridized carbons (Fsp3) is 0.364. The Hall–Kier alpha value is -1.69. The van der Waals surface area contributed by atoms with Crippen molar-refractivity contribution in [2.45, 2.75) is 26.2 Å². The van der Waals surface area contributed by atoms with Crippen LogP contribution < -0.4 is 5.32 Å². The van der Waals surface area contributed by atoms with Gasteiger partial charge in [0.15, 0.2) is 0 Å². The van der Waals surface area contributed by atoms with Crippen molar-refractivity contribution in [1.29, 1.82) is 0 Å². The summed E-state index contributed by atoms with van der Waals surface area (Å²) in [6.07, 6.45) is 5.98. The minimum absolute atomic E-state index is 0.225. The summed E-state index contributed by atoms with van der Waals surface area (Å²) in [5, 5.41) is 12.1. The van der Waals surface area contributed by atoms with Crippen LogP contribution >= 0.6 is 11.3 Å². The quantitative estimate of drug-likeness (QED) is 0.887. The number of nitrogens with zero attached hydrogens (tertiary/aromatic N) is 2. The lowest BCUT2D eigenvalue weighted by molar-refractivity contribution is 0.102. The van der Waals surface area contributed by atoms with Gasteiger partial charge in [-0.05, 0) is 12.5 Å². The number of unbranched alkanes of at least 4 members (excludes halogenated alkanes) is 1. The van der Waals surface area contributed by atoms with Crippen LogP contribution in [0.15, 0.2) is 23.0 Å². The maximum atomic E-state index is 11.7. The topological polar surface area (TPSA) is 68.0 Å². The zero-order valence-electron chi connectivity index (χ0n) is 9.47. The van der Waals surface area contributed by atoms with Crippen LogP contribution in [-0.4, -0.2) is 16.1 Å². The highest BCUT2D eigenvalue weighted by atomic mass is 32.1. The van der Waals surface area contributed by atoms with E-state index >= 15 is 0 Å². The number of hydrogen-bond acceptors (Lipinski definition) is 5.